The summed E-state index contributed by atoms with van der Waals surface area (Å²) in [7, 11) is 0. The van der Waals surface area contributed by atoms with Gasteiger partial charge in [0.15, 0.2) is 10.3 Å². The maximum absolute atomic E-state index is 12.3. The van der Waals surface area contributed by atoms with E-state index in [0.717, 1.165) is 95.4 Å². The second-order valence-corrected chi connectivity index (χ2v) is 42.3. The zero-order valence-corrected chi connectivity index (χ0v) is 70.0. The SMILES string of the molecule is Br.BrP(Br)Br.C1CCOC1.CCO.ClCCl.N=C(N)SCc1ccccc1CC(=O)CCC1CCCCC1.NC(N)=S.NCc1ccccc1.O=C(CCC1CCCCC1)Cc1ccccc1CBr.O=C(CCC1CCCCC1)Cc1ccccc1CO.O=C1Cc2ccccc2CO1. The summed E-state index contributed by atoms with van der Waals surface area (Å²) in [4.78, 5) is 47.2. The predicted molar refractivity (Wildman–Crippen MR) is 443 cm³/mol. The highest BCUT2D eigenvalue weighted by Gasteiger charge is 2.19. The number of thioether (sulfide) groups is 1. The molecule has 5 aliphatic rings. The van der Waals surface area contributed by atoms with Crippen molar-refractivity contribution in [2.45, 2.75) is 211 Å². The van der Waals surface area contributed by atoms with Crippen molar-refractivity contribution >= 4 is 164 Å². The lowest BCUT2D eigenvalue weighted by molar-refractivity contribution is -0.145. The molecule has 99 heavy (non-hydrogen) atoms. The van der Waals surface area contributed by atoms with Crippen LogP contribution in [0.1, 0.15) is 205 Å². The van der Waals surface area contributed by atoms with Gasteiger partial charge in [0.05, 0.1) is 18.4 Å². The van der Waals surface area contributed by atoms with Crippen molar-refractivity contribution in [2.24, 2.45) is 40.7 Å². The summed E-state index contributed by atoms with van der Waals surface area (Å²) in [5.41, 5.74) is 29.9. The fourth-order valence-electron chi connectivity index (χ4n) is 11.6. The first-order valence-electron chi connectivity index (χ1n) is 34.3. The maximum Gasteiger partial charge on any atom is 0.310 e. The Balaban J connectivity index is 0.00000116. The molecule has 0 aromatic heterocycles. The Morgan fingerprint density at radius 3 is 1.25 bits per heavy atom. The normalized spacial score (nSPS) is 14.4. The van der Waals surface area contributed by atoms with Crippen LogP contribution in [-0.4, -0.2) is 69.0 Å². The van der Waals surface area contributed by atoms with Gasteiger partial charge in [-0.3, -0.25) is 24.6 Å². The third kappa shape index (κ3) is 52.9. The molecule has 13 nitrogen and oxygen atoms in total. The summed E-state index contributed by atoms with van der Waals surface area (Å²) >= 11 is 27.9. The monoisotopic (exact) mass is 1780 g/mol. The number of benzene rings is 5. The number of esters is 1. The van der Waals surface area contributed by atoms with Gasteiger partial charge >= 0.3 is 5.97 Å². The second-order valence-electron chi connectivity index (χ2n) is 24.2. The number of hydrogen-bond donors (Lipinski definition) is 7. The second kappa shape index (κ2) is 64.9. The van der Waals surface area contributed by atoms with Gasteiger partial charge < -0.3 is 42.6 Å². The summed E-state index contributed by atoms with van der Waals surface area (Å²) in [5.74, 6) is 3.94. The molecule has 0 radical (unpaired) electrons. The fourth-order valence-corrected chi connectivity index (χ4v) is 12.7. The van der Waals surface area contributed by atoms with Crippen molar-refractivity contribution in [3.05, 3.63) is 177 Å². The lowest BCUT2D eigenvalue weighted by atomic mass is 9.85. The van der Waals surface area contributed by atoms with Crippen LogP contribution < -0.4 is 22.9 Å². The fraction of sp³-hybridized carbons (Fsp3) is 0.526. The number of ether oxygens (including phenoxy) is 2. The zero-order chi connectivity index (χ0) is 72.4. The molecule has 5 aromatic rings. The molecule has 1 saturated heterocycles. The highest BCUT2D eigenvalue weighted by atomic mass is 80.0. The number of nitrogens with one attached hydrogen (secondary N) is 1. The number of aliphatic hydroxyl groups is 2. The van der Waals surface area contributed by atoms with Crippen molar-refractivity contribution < 1.29 is 38.9 Å². The largest absolute Gasteiger partial charge is 0.461 e. The smallest absolute Gasteiger partial charge is 0.310 e. The molecule has 11 N–H and O–H groups in total. The lowest BCUT2D eigenvalue weighted by Gasteiger charge is -2.21. The average molecular weight is 1790 g/mol. The van der Waals surface area contributed by atoms with Crippen molar-refractivity contribution in [1.82, 2.24) is 0 Å². The number of thiocarbonyl (C=S) groups is 1. The van der Waals surface area contributed by atoms with Crippen molar-refractivity contribution in [3.63, 3.8) is 0 Å². The van der Waals surface area contributed by atoms with E-state index in [-0.39, 0.29) is 55.8 Å². The van der Waals surface area contributed by atoms with Crippen LogP contribution >= 0.6 is 131 Å². The van der Waals surface area contributed by atoms with Gasteiger partial charge in [0.25, 0.3) is 0 Å². The first-order valence-corrected chi connectivity index (χ1v) is 45.3. The van der Waals surface area contributed by atoms with Crippen LogP contribution in [0.4, 0.5) is 0 Å². The van der Waals surface area contributed by atoms with Crippen molar-refractivity contribution in [3.8, 4) is 0 Å². The van der Waals surface area contributed by atoms with Crippen LogP contribution in [0.15, 0.2) is 127 Å². The number of Topliss-reactive ketones (excluding diaryl/α,β-unsaturated/α-hetero) is 3. The zero-order valence-electron chi connectivity index (χ0n) is 57.9. The minimum Gasteiger partial charge on any atom is -0.461 e. The number of cyclic esters (lactones) is 1. The third-order valence-corrected chi connectivity index (χ3v) is 18.0. The molecular formula is C76H111Br5Cl2N5O8PS2. The number of carbonyl (C=O) groups excluding carboxylic acids is 4. The van der Waals surface area contributed by atoms with Crippen LogP contribution in [0.25, 0.3) is 0 Å². The average Bonchev–Trinajstić information content (AvgIpc) is 0.952. The van der Waals surface area contributed by atoms with Gasteiger partial charge in [0.2, 0.25) is 0 Å². The molecule has 0 amide bonds. The summed E-state index contributed by atoms with van der Waals surface area (Å²) < 4.78 is 9.63. The van der Waals surface area contributed by atoms with Crippen LogP contribution in [-0.2, 0) is 85.2 Å². The summed E-state index contributed by atoms with van der Waals surface area (Å²) in [5, 5.41) is 25.3. The van der Waals surface area contributed by atoms with Crippen LogP contribution in [0.5, 0.6) is 0 Å². The predicted octanol–water partition coefficient (Wildman–Crippen LogP) is 20.8. The maximum atomic E-state index is 12.3. The number of halogens is 7. The summed E-state index contributed by atoms with van der Waals surface area (Å²) in [6, 6.07) is 41.8. The van der Waals surface area contributed by atoms with Gasteiger partial charge in [-0.15, -0.1) is 40.2 Å². The molecule has 5 aromatic carbocycles. The summed E-state index contributed by atoms with van der Waals surface area (Å²) in [6.45, 7) is 5.03. The highest BCUT2D eigenvalue weighted by molar-refractivity contribution is 9.93. The molecule has 554 valence electrons. The van der Waals surface area contributed by atoms with Crippen LogP contribution in [0.3, 0.4) is 0 Å². The minimum atomic E-state index is -0.183. The Labute approximate surface area is 656 Å². The molecular weight excluding hydrogens is 1680 g/mol. The van der Waals surface area contributed by atoms with E-state index in [1.54, 1.807) is 6.92 Å². The first-order chi connectivity index (χ1) is 47.3. The lowest BCUT2D eigenvalue weighted by Crippen LogP contribution is -2.18. The molecule has 23 heteroatoms. The molecule has 3 saturated carbocycles. The Morgan fingerprint density at radius 2 is 0.909 bits per heavy atom. The van der Waals surface area contributed by atoms with Gasteiger partial charge in [-0.2, -0.15) is 0 Å². The van der Waals surface area contributed by atoms with Gasteiger partial charge in [0, 0.05) is 76.0 Å². The number of nitrogens with two attached hydrogens (primary N) is 4. The van der Waals surface area contributed by atoms with Gasteiger partial charge in [-0.1, -0.05) is 251 Å². The number of fused-ring (bicyclic) bond motifs is 1. The van der Waals surface area contributed by atoms with E-state index in [0.29, 0.717) is 74.8 Å². The van der Waals surface area contributed by atoms with Crippen molar-refractivity contribution in [2.75, 3.05) is 25.2 Å². The van der Waals surface area contributed by atoms with Crippen LogP contribution in [0.2, 0.25) is 0 Å². The standard InChI is InChI=1S/C18H26N2OS.C17H23BrO.C17H24O2.C9H8O2.C7H9N.C4H8O.C2H6O.CH2Cl2.CH4N2S.Br3P.BrH/c19-18(20)22-13-16-9-5-4-8-15(16)12-17(21)11-10-14-6-2-1-3-7-14;2*18-13-16-9-5-4-8-15(16)12-17(19)11-10-14-6-2-1-3-7-14;10-9-5-7-3-1-2-4-8(7)6-11-9;8-6-7-4-2-1-3-5-7;1-2-4-5-3-1;1-2-3;2-1-3;2-1(3)4;1-4(2)3;/h4-5,8-9,14H,1-3,6-7,10-13H2,(H3,19,20);4-5,8-9,14H,1-3,6-7,10-13H2;4-5,8-9,14,18H,1-3,6-7,10-13H2;1-4H,5-6H2;1-5H,6,8H2;1-4H2;3H,2H2,1H3;1H2;(H4,2,3,4);;1H. The number of aliphatic hydroxyl groups excluding tert-OH is 2. The highest BCUT2D eigenvalue weighted by Crippen LogP contribution is 2.59. The topological polar surface area (TPSA) is 255 Å². The van der Waals surface area contributed by atoms with Gasteiger partial charge in [0.1, 0.15) is 28.0 Å². The third-order valence-electron chi connectivity index (χ3n) is 16.6. The van der Waals surface area contributed by atoms with E-state index >= 15 is 0 Å². The number of rotatable bonds is 20. The molecule has 10 rings (SSSR count). The van der Waals surface area contributed by atoms with E-state index in [9.17, 15) is 24.3 Å². The van der Waals surface area contributed by atoms with E-state index in [1.165, 1.54) is 138 Å². The Hall–Kier alpha value is -2.66. The van der Waals surface area contributed by atoms with E-state index < -0.39 is 0 Å². The number of ketones is 3. The van der Waals surface area contributed by atoms with E-state index in [4.69, 9.17) is 54.7 Å². The molecule has 4 fully saturated rings. The van der Waals surface area contributed by atoms with Crippen molar-refractivity contribution in [1.29, 1.82) is 5.41 Å². The summed E-state index contributed by atoms with van der Waals surface area (Å²) in [6.07, 6.45) is 30.1. The Morgan fingerprint density at radius 1 is 0.576 bits per heavy atom. The number of carbonyl (C=O) groups is 4. The quantitative estimate of drug-likeness (QED) is 0.00956. The molecule has 0 spiro atoms. The van der Waals surface area contributed by atoms with E-state index in [2.05, 4.69) is 98.2 Å². The molecule has 3 aliphatic carbocycles. The van der Waals surface area contributed by atoms with Gasteiger partial charge in [-0.05, 0) is 166 Å². The molecule has 0 atom stereocenters. The first kappa shape index (κ1) is 96.3. The molecule has 2 heterocycles. The number of hydrogen-bond acceptors (Lipinski definition) is 12. The molecule has 0 bridgehead atoms. The Bertz CT molecular complexity index is 2820. The van der Waals surface area contributed by atoms with E-state index in [1.807, 2.05) is 115 Å². The van der Waals surface area contributed by atoms with Crippen LogP contribution in [0, 0.1) is 23.2 Å². The Kier molecular flexibility index (Phi) is 63.2. The minimum absolute atomic E-state index is 0. The van der Waals surface area contributed by atoms with Gasteiger partial charge in [-0.25, -0.2) is 0 Å². The number of amidine groups is 1. The molecule has 2 aliphatic heterocycles. The molecule has 0 unspecified atom stereocenters. The number of alkyl halides is 3.